The Balaban J connectivity index is 2.43. The van der Waals surface area contributed by atoms with Gasteiger partial charge in [-0.05, 0) is 0 Å². The van der Waals surface area contributed by atoms with Crippen LogP contribution >= 0.6 is 11.8 Å². The third kappa shape index (κ3) is 2.98. The Morgan fingerprint density at radius 1 is 1.62 bits per heavy atom. The number of carboxylic acid groups (broad SMARTS) is 1. The van der Waals surface area contributed by atoms with Crippen molar-refractivity contribution in [3.8, 4) is 0 Å². The van der Waals surface area contributed by atoms with Crippen molar-refractivity contribution in [2.24, 2.45) is 0 Å². The minimum atomic E-state index is -2.27. The number of likely N-dealkylation sites (tertiary alicyclic amines) is 1. The Labute approximate surface area is 97.5 Å². The number of aliphatic carboxylic acids is 1. The van der Waals surface area contributed by atoms with Crippen molar-refractivity contribution < 1.29 is 19.1 Å². The molecule has 0 aromatic carbocycles. The van der Waals surface area contributed by atoms with Crippen LogP contribution in [0.2, 0.25) is 0 Å². The van der Waals surface area contributed by atoms with Crippen molar-refractivity contribution >= 4 is 23.6 Å². The summed E-state index contributed by atoms with van der Waals surface area (Å²) in [5.41, 5.74) is -2.27. The number of alkyl halides is 1. The molecule has 0 aliphatic carbocycles. The van der Waals surface area contributed by atoms with E-state index in [2.05, 4.69) is 6.58 Å². The maximum Gasteiger partial charge on any atom is 0.343 e. The molecular formula is C10H14FNO3S. The van der Waals surface area contributed by atoms with Gasteiger partial charge in [0.1, 0.15) is 0 Å². The molecule has 1 heterocycles. The van der Waals surface area contributed by atoms with Crippen molar-refractivity contribution in [1.82, 2.24) is 4.90 Å². The summed E-state index contributed by atoms with van der Waals surface area (Å²) in [6, 6.07) is 0. The predicted octanol–water partition coefficient (Wildman–Crippen LogP) is 0.931. The molecule has 1 amide bonds. The molecule has 0 spiro atoms. The highest BCUT2D eigenvalue weighted by Crippen LogP contribution is 2.26. The molecule has 1 atom stereocenters. The van der Waals surface area contributed by atoms with E-state index in [1.54, 1.807) is 6.08 Å². The van der Waals surface area contributed by atoms with Crippen LogP contribution in [0.4, 0.5) is 4.39 Å². The summed E-state index contributed by atoms with van der Waals surface area (Å²) >= 11 is 1.38. The first kappa shape index (κ1) is 13.0. The normalized spacial score (nSPS) is 24.4. The summed E-state index contributed by atoms with van der Waals surface area (Å²) in [4.78, 5) is 23.4. The van der Waals surface area contributed by atoms with E-state index in [0.717, 1.165) is 0 Å². The highest BCUT2D eigenvalue weighted by atomic mass is 32.2. The van der Waals surface area contributed by atoms with Gasteiger partial charge < -0.3 is 10.0 Å². The summed E-state index contributed by atoms with van der Waals surface area (Å²) < 4.78 is 13.6. The van der Waals surface area contributed by atoms with Gasteiger partial charge in [-0.1, -0.05) is 6.08 Å². The first-order valence-corrected chi connectivity index (χ1v) is 6.04. The third-order valence-corrected chi connectivity index (χ3v) is 3.34. The van der Waals surface area contributed by atoms with Crippen molar-refractivity contribution in [2.75, 3.05) is 24.6 Å². The van der Waals surface area contributed by atoms with Crippen molar-refractivity contribution in [3.05, 3.63) is 12.7 Å². The number of carbonyl (C=O) groups is 2. The zero-order chi connectivity index (χ0) is 12.2. The largest absolute Gasteiger partial charge is 0.479 e. The van der Waals surface area contributed by atoms with Crippen LogP contribution in [-0.4, -0.2) is 52.1 Å². The number of halogens is 1. The fraction of sp³-hybridized carbons (Fsp3) is 0.600. The van der Waals surface area contributed by atoms with Crippen LogP contribution in [-0.2, 0) is 9.59 Å². The lowest BCUT2D eigenvalue weighted by molar-refractivity contribution is -0.150. The van der Waals surface area contributed by atoms with Crippen LogP contribution < -0.4 is 0 Å². The molecule has 0 bridgehead atoms. The van der Waals surface area contributed by atoms with Crippen LogP contribution in [0.5, 0.6) is 0 Å². The van der Waals surface area contributed by atoms with E-state index in [1.807, 2.05) is 0 Å². The lowest BCUT2D eigenvalue weighted by atomic mass is 10.1. The van der Waals surface area contributed by atoms with Crippen LogP contribution in [0.15, 0.2) is 12.7 Å². The predicted molar refractivity (Wildman–Crippen MR) is 60.2 cm³/mol. The standard InChI is InChI=1S/C10H14FNO3S/c1-2-5-16-6-8(13)12-4-3-10(11,7-12)9(14)15/h2H,1,3-7H2,(H,14,15). The van der Waals surface area contributed by atoms with Crippen LogP contribution in [0.1, 0.15) is 6.42 Å². The summed E-state index contributed by atoms with van der Waals surface area (Å²) in [5.74, 6) is -0.810. The summed E-state index contributed by atoms with van der Waals surface area (Å²) in [5, 5.41) is 8.65. The highest BCUT2D eigenvalue weighted by molar-refractivity contribution is 8.00. The topological polar surface area (TPSA) is 57.6 Å². The number of carboxylic acids is 1. The molecule has 6 heteroatoms. The maximum absolute atomic E-state index is 13.6. The van der Waals surface area contributed by atoms with Gasteiger partial charge in [-0.25, -0.2) is 9.18 Å². The third-order valence-electron chi connectivity index (χ3n) is 2.42. The van der Waals surface area contributed by atoms with Gasteiger partial charge in [0.2, 0.25) is 11.6 Å². The zero-order valence-corrected chi connectivity index (χ0v) is 9.63. The highest BCUT2D eigenvalue weighted by Gasteiger charge is 2.46. The average molecular weight is 247 g/mol. The average Bonchev–Trinajstić information content (AvgIpc) is 2.63. The van der Waals surface area contributed by atoms with Gasteiger partial charge in [0.25, 0.3) is 0 Å². The van der Waals surface area contributed by atoms with E-state index >= 15 is 0 Å². The second kappa shape index (κ2) is 5.34. The number of thioether (sulfide) groups is 1. The molecule has 4 nitrogen and oxygen atoms in total. The Morgan fingerprint density at radius 3 is 2.81 bits per heavy atom. The van der Waals surface area contributed by atoms with E-state index in [-0.39, 0.29) is 31.2 Å². The summed E-state index contributed by atoms with van der Waals surface area (Å²) in [6.45, 7) is 3.36. The van der Waals surface area contributed by atoms with E-state index in [1.165, 1.54) is 16.7 Å². The molecule has 1 N–H and O–H groups in total. The first-order chi connectivity index (χ1) is 7.49. The zero-order valence-electron chi connectivity index (χ0n) is 8.82. The van der Waals surface area contributed by atoms with Crippen molar-refractivity contribution in [2.45, 2.75) is 12.1 Å². The number of amides is 1. The number of carbonyl (C=O) groups excluding carboxylic acids is 1. The maximum atomic E-state index is 13.6. The fourth-order valence-corrected chi connectivity index (χ4v) is 2.12. The Morgan fingerprint density at radius 2 is 2.31 bits per heavy atom. The van der Waals surface area contributed by atoms with Gasteiger partial charge in [-0.3, -0.25) is 4.79 Å². The molecule has 16 heavy (non-hydrogen) atoms. The van der Waals surface area contributed by atoms with E-state index in [9.17, 15) is 14.0 Å². The second-order valence-corrected chi connectivity index (χ2v) is 4.67. The summed E-state index contributed by atoms with van der Waals surface area (Å²) in [6.07, 6.45) is 1.55. The van der Waals surface area contributed by atoms with Crippen molar-refractivity contribution in [3.63, 3.8) is 0 Å². The van der Waals surface area contributed by atoms with Crippen LogP contribution in [0, 0.1) is 0 Å². The molecule has 1 fully saturated rings. The molecule has 1 unspecified atom stereocenters. The first-order valence-electron chi connectivity index (χ1n) is 4.88. The quantitative estimate of drug-likeness (QED) is 0.580. The molecule has 0 aromatic rings. The second-order valence-electron chi connectivity index (χ2n) is 3.64. The van der Waals surface area contributed by atoms with E-state index < -0.39 is 11.6 Å². The number of nitrogens with zero attached hydrogens (tertiary/aromatic N) is 1. The SMILES string of the molecule is C=CCSCC(=O)N1CCC(F)(C(=O)O)C1. The molecule has 1 aliphatic rings. The van der Waals surface area contributed by atoms with Gasteiger partial charge in [0, 0.05) is 18.7 Å². The Bertz CT molecular complexity index is 310. The summed E-state index contributed by atoms with van der Waals surface area (Å²) in [7, 11) is 0. The van der Waals surface area contributed by atoms with Crippen LogP contribution in [0.25, 0.3) is 0 Å². The molecule has 0 aromatic heterocycles. The smallest absolute Gasteiger partial charge is 0.343 e. The molecule has 90 valence electrons. The van der Waals surface area contributed by atoms with Gasteiger partial charge in [0.05, 0.1) is 12.3 Å². The molecular weight excluding hydrogens is 233 g/mol. The molecule has 0 radical (unpaired) electrons. The van der Waals surface area contributed by atoms with Gasteiger partial charge in [-0.2, -0.15) is 0 Å². The van der Waals surface area contributed by atoms with Gasteiger partial charge in [-0.15, -0.1) is 18.3 Å². The molecule has 1 rings (SSSR count). The van der Waals surface area contributed by atoms with Crippen molar-refractivity contribution in [1.29, 1.82) is 0 Å². The van der Waals surface area contributed by atoms with E-state index in [0.29, 0.717) is 5.75 Å². The number of rotatable bonds is 5. The molecule has 1 saturated heterocycles. The lowest BCUT2D eigenvalue weighted by Crippen LogP contribution is -2.39. The Kier molecular flexibility index (Phi) is 4.35. The lowest BCUT2D eigenvalue weighted by Gasteiger charge is -2.17. The number of hydrogen-bond acceptors (Lipinski definition) is 3. The molecule has 0 saturated carbocycles. The fourth-order valence-electron chi connectivity index (χ4n) is 1.48. The Hall–Kier alpha value is -1.04. The monoisotopic (exact) mass is 247 g/mol. The number of hydrogen-bond donors (Lipinski definition) is 1. The van der Waals surface area contributed by atoms with Crippen LogP contribution in [0.3, 0.4) is 0 Å². The van der Waals surface area contributed by atoms with Gasteiger partial charge in [0.15, 0.2) is 0 Å². The van der Waals surface area contributed by atoms with E-state index in [4.69, 9.17) is 5.11 Å². The minimum Gasteiger partial charge on any atom is -0.479 e. The van der Waals surface area contributed by atoms with Gasteiger partial charge >= 0.3 is 5.97 Å². The minimum absolute atomic E-state index is 0.125. The molecule has 1 aliphatic heterocycles.